The van der Waals surface area contributed by atoms with E-state index in [4.69, 9.17) is 43.4 Å². The SMILES string of the molecule is C.CC(C)/C=C\C=C/C(C)C.CC(C)/C=C\C=C\C(C)C.CC(C)/C=C\C=C\C(C)C.CC(C)CC(C)C.CC(C)CC(C)C.CC(C)CC(C)C.CC(C)CC(C)C.CC(C)COC(=O)C(C)C.CC(C)COC(=S)C(C)C.CC(C)COC(C)C.CC(C)CSC(=O)C(C)C.CC(C)CSC(=S)C(C)C.CC(C)CSC(C)C.CC(C)N=NC(C)C.CC(C)NC(C)C.CC(C)OC(C)C.CC(C)SC(C)C. The summed E-state index contributed by atoms with van der Waals surface area (Å²) in [5.41, 5.74) is 0. The summed E-state index contributed by atoms with van der Waals surface area (Å²) in [5, 5.41) is 14.6. The van der Waals surface area contributed by atoms with Crippen LogP contribution in [0.3, 0.4) is 0 Å². The lowest BCUT2D eigenvalue weighted by Gasteiger charge is -2.11. The Balaban J connectivity index is -0.0000000733. The summed E-state index contributed by atoms with van der Waals surface area (Å²) in [6.07, 6.45) is 32.4. The highest BCUT2D eigenvalue weighted by molar-refractivity contribution is 8.23. The van der Waals surface area contributed by atoms with Crippen LogP contribution in [-0.4, -0.2) is 116 Å². The highest BCUT2D eigenvalue weighted by Crippen LogP contribution is 2.19. The Hall–Kier alpha value is -1.56. The maximum Gasteiger partial charge on any atom is 0.308 e. The van der Waals surface area contributed by atoms with Crippen molar-refractivity contribution in [3.63, 3.8) is 0 Å². The molecule has 9 nitrogen and oxygen atoms in total. The van der Waals surface area contributed by atoms with Gasteiger partial charge in [-0.3, -0.25) is 9.59 Å². The summed E-state index contributed by atoms with van der Waals surface area (Å²) in [5.74, 6) is 19.3. The second-order valence-electron chi connectivity index (χ2n) is 49.5. The molecule has 878 valence electrons. The van der Waals surface area contributed by atoms with E-state index in [9.17, 15) is 9.59 Å². The molecule has 0 bridgehead atoms. The predicted molar refractivity (Wildman–Crippen MR) is 695 cm³/mol. The summed E-state index contributed by atoms with van der Waals surface area (Å²) in [6.45, 7) is 149. The fourth-order valence-corrected chi connectivity index (χ4v) is 13.7. The molecule has 0 amide bonds. The molecule has 15 heteroatoms. The molecule has 0 aromatic heterocycles. The summed E-state index contributed by atoms with van der Waals surface area (Å²) < 4.78 is 21.9. The van der Waals surface area contributed by atoms with Crippen LogP contribution in [-0.2, 0) is 28.5 Å². The molecule has 0 spiro atoms. The van der Waals surface area contributed by atoms with E-state index in [2.05, 4.69) is 448 Å². The Morgan fingerprint density at radius 3 is 0.632 bits per heavy atom. The average molecular weight is 2160 g/mol. The van der Waals surface area contributed by atoms with Crippen LogP contribution in [0, 0.1) is 142 Å². The molecule has 0 unspecified atom stereocenters. The molecule has 0 aromatic rings. The first-order chi connectivity index (χ1) is 64.8. The third kappa shape index (κ3) is 282. The van der Waals surface area contributed by atoms with Crippen LogP contribution >= 0.6 is 71.5 Å². The van der Waals surface area contributed by atoms with E-state index in [-0.39, 0.29) is 25.2 Å². The lowest BCUT2D eigenvalue weighted by molar-refractivity contribution is -0.148. The standard InChI is InChI=1S/3C10H18.C8H16O2.2C8H16OS.C8H16S2.C7H16O.C7H16S.4C7H16.C6H14N2.C6H15N.C6H14O.C6H14S.CH4/c3*1-9(2)7-5-6-8-10(3)4;2*1-6(2)5-10-8(9)7(3)4;1-6(2)5-9-8(10)7(3)4;1-6(2)5-10-8(9)7(3)4;2*1-6(2)5-8-7(3)4;4*1-6(2)5-7(3)4;1-5(2)7-8-6(3)4;3*1-5(2)7-6(3)4;/h3*5-10H,1-4H3;4*6-7H,5H2,1-4H3;2*6-7H,5H2,1-4H3;4*6-7H,5H2,1-4H3;5-6H,1-4H3;5-7H,1-4H3;2*5-6H,1-4H3;1H4/b2*7-5-,8-6+;7-5-,8-6-;;;;;;;;;;;;;;;. The van der Waals surface area contributed by atoms with E-state index in [1.807, 2.05) is 146 Å². The van der Waals surface area contributed by atoms with Gasteiger partial charge in [-0.05, 0) is 253 Å². The minimum atomic E-state index is -0.103. The van der Waals surface area contributed by atoms with Gasteiger partial charge in [0.05, 0.1) is 53.7 Å². The zero-order valence-electron chi connectivity index (χ0n) is 110. The third-order valence-electron chi connectivity index (χ3n) is 15.0. The minimum Gasteiger partial charge on any atom is -0.487 e. The largest absolute Gasteiger partial charge is 0.487 e. The van der Waals surface area contributed by atoms with Gasteiger partial charge in [-0.15, -0.1) is 11.8 Å². The van der Waals surface area contributed by atoms with Crippen LogP contribution in [0.1, 0.15) is 504 Å². The molecule has 0 aliphatic carbocycles. The number of thiocarbonyl (C=S) groups is 2. The Morgan fingerprint density at radius 2 is 0.514 bits per heavy atom. The second kappa shape index (κ2) is 132. The van der Waals surface area contributed by atoms with Crippen molar-refractivity contribution in [3.05, 3.63) is 72.9 Å². The Labute approximate surface area is 942 Å². The number of carbonyl (C=O) groups is 2. The number of hydrogen-bond acceptors (Lipinski definition) is 15. The number of nitrogens with one attached hydrogen (secondary N) is 1. The molecule has 1 N–H and O–H groups in total. The molecule has 0 aromatic carbocycles. The maximum absolute atomic E-state index is 11.0. The van der Waals surface area contributed by atoms with E-state index in [1.54, 1.807) is 0 Å². The van der Waals surface area contributed by atoms with Crippen molar-refractivity contribution in [3.8, 4) is 0 Å². The molecule has 0 rings (SSSR count). The smallest absolute Gasteiger partial charge is 0.308 e. The lowest BCUT2D eigenvalue weighted by atomic mass is 10.0. The number of ether oxygens (including phenoxy) is 4. The summed E-state index contributed by atoms with van der Waals surface area (Å²) in [7, 11) is 0. The van der Waals surface area contributed by atoms with Gasteiger partial charge in [0.1, 0.15) is 0 Å². The molecule has 0 fully saturated rings. The number of azo groups is 1. The number of rotatable bonds is 43. The zero-order chi connectivity index (χ0) is 117. The molecular weight excluding hydrogens is 1880 g/mol. The number of nitrogens with zero attached hydrogens (tertiary/aromatic N) is 2. The Morgan fingerprint density at radius 1 is 0.271 bits per heavy atom. The van der Waals surface area contributed by atoms with Gasteiger partial charge in [0.25, 0.3) is 0 Å². The van der Waals surface area contributed by atoms with Crippen LogP contribution in [0.25, 0.3) is 0 Å². The van der Waals surface area contributed by atoms with Crippen molar-refractivity contribution < 1.29 is 28.5 Å². The van der Waals surface area contributed by atoms with Gasteiger partial charge in [-0.2, -0.15) is 33.8 Å². The van der Waals surface area contributed by atoms with Crippen molar-refractivity contribution in [1.82, 2.24) is 5.32 Å². The highest BCUT2D eigenvalue weighted by Gasteiger charge is 2.11. The predicted octanol–water partition coefficient (Wildman–Crippen LogP) is 44.9. The van der Waals surface area contributed by atoms with Crippen molar-refractivity contribution in [1.29, 1.82) is 0 Å². The Bertz CT molecular complexity index is 2220. The molecule has 0 heterocycles. The number of carbonyl (C=O) groups excluding carboxylic acids is 2. The van der Waals surface area contributed by atoms with Crippen LogP contribution in [0.2, 0.25) is 0 Å². The molecule has 0 saturated carbocycles. The van der Waals surface area contributed by atoms with E-state index >= 15 is 0 Å². The summed E-state index contributed by atoms with van der Waals surface area (Å²) >= 11 is 17.5. The van der Waals surface area contributed by atoms with Gasteiger partial charge in [-0.25, -0.2) is 0 Å². The number of esters is 1. The van der Waals surface area contributed by atoms with Gasteiger partial charge in [0.2, 0.25) is 0 Å². The highest BCUT2D eigenvalue weighted by atomic mass is 32.2. The number of allylic oxidation sites excluding steroid dienone is 12. The average Bonchev–Trinajstić information content (AvgIpc) is 1.01. The topological polar surface area (TPSA) is 108 Å². The Kier molecular flexibility index (Phi) is 169. The van der Waals surface area contributed by atoms with Crippen molar-refractivity contribution in [2.45, 2.75) is 562 Å². The molecular formula is C129H275N3O6S6. The van der Waals surface area contributed by atoms with Gasteiger partial charge in [0, 0.05) is 42.0 Å². The first-order valence-corrected chi connectivity index (χ1v) is 62.0. The van der Waals surface area contributed by atoms with Crippen molar-refractivity contribution in [2.75, 3.05) is 37.1 Å². The lowest BCUT2D eigenvalue weighted by Crippen LogP contribution is -2.29. The fourth-order valence-electron chi connectivity index (χ4n) is 9.94. The number of thioether (sulfide) groups is 4. The maximum atomic E-state index is 11.0. The molecule has 144 heavy (non-hydrogen) atoms. The van der Waals surface area contributed by atoms with Crippen LogP contribution < -0.4 is 5.32 Å². The van der Waals surface area contributed by atoms with Gasteiger partial charge >= 0.3 is 5.97 Å². The molecule has 0 atom stereocenters. The minimum absolute atomic E-state index is 0. The van der Waals surface area contributed by atoms with Gasteiger partial charge < -0.3 is 24.3 Å². The first kappa shape index (κ1) is 184. The monoisotopic (exact) mass is 2150 g/mol. The van der Waals surface area contributed by atoms with Crippen LogP contribution in [0.5, 0.6) is 0 Å². The quantitative estimate of drug-likeness (QED) is 0.0271. The van der Waals surface area contributed by atoms with E-state index < -0.39 is 0 Å². The van der Waals surface area contributed by atoms with Crippen LogP contribution in [0.15, 0.2) is 83.1 Å². The number of hydrogen-bond donors (Lipinski definition) is 1. The molecule has 0 aliphatic heterocycles. The van der Waals surface area contributed by atoms with Gasteiger partial charge in [-0.1, -0.05) is 506 Å². The third-order valence-corrected chi connectivity index (χ3v) is 22.2. The van der Waals surface area contributed by atoms with Crippen molar-refractivity contribution >= 4 is 91.8 Å². The van der Waals surface area contributed by atoms with E-state index in [1.165, 1.54) is 43.2 Å². The molecule has 0 radical (unpaired) electrons. The fraction of sp³-hybridized carbons (Fsp3) is 0.876. The normalized spacial score (nSPS) is 11.4. The first-order valence-electron chi connectivity index (χ1n) is 57.2. The van der Waals surface area contributed by atoms with E-state index in [0.29, 0.717) is 125 Å². The summed E-state index contributed by atoms with van der Waals surface area (Å²) in [4.78, 5) is 21.8. The zero-order valence-corrected chi connectivity index (χ0v) is 115. The molecule has 0 saturated heterocycles. The molecule has 0 aliphatic rings. The van der Waals surface area contributed by atoms with Crippen molar-refractivity contribution in [2.24, 2.45) is 152 Å². The summed E-state index contributed by atoms with van der Waals surface area (Å²) in [6, 6.07) is 1.94. The van der Waals surface area contributed by atoms with Gasteiger partial charge in [0.15, 0.2) is 10.2 Å². The second-order valence-corrected chi connectivity index (χ2v) is 56.4. The van der Waals surface area contributed by atoms with E-state index in [0.717, 1.165) is 109 Å². The van der Waals surface area contributed by atoms with Crippen LogP contribution in [0.4, 0.5) is 0 Å².